The topological polar surface area (TPSA) is 17.8 Å². The normalized spacial score (nSPS) is 22.1. The first-order chi connectivity index (χ1) is 30.1. The van der Waals surface area contributed by atoms with Gasteiger partial charge < -0.3 is 0 Å². The molecule has 4 aromatic carbocycles. The molecule has 5 aliphatic carbocycles. The summed E-state index contributed by atoms with van der Waals surface area (Å²) in [4.78, 5) is 5.15. The highest BCUT2D eigenvalue weighted by molar-refractivity contribution is 5.88. The maximum absolute atomic E-state index is 5.15. The Morgan fingerprint density at radius 3 is 2.00 bits per heavy atom. The third-order valence-corrected chi connectivity index (χ3v) is 13.3. The second-order valence-electron chi connectivity index (χ2n) is 16.8. The van der Waals surface area contributed by atoms with Crippen LogP contribution in [0.2, 0.25) is 0 Å². The Hall–Kier alpha value is -6.77. The van der Waals surface area contributed by atoms with E-state index < -0.39 is 0 Å². The summed E-state index contributed by atoms with van der Waals surface area (Å²) in [5.41, 5.74) is 19.6. The molecule has 1 aromatic heterocycles. The average Bonchev–Trinajstić information content (AvgIpc) is 3.70. The number of benzene rings is 4. The molecule has 0 bridgehead atoms. The van der Waals surface area contributed by atoms with Gasteiger partial charge in [0.2, 0.25) is 0 Å². The Morgan fingerprint density at radius 1 is 0.672 bits per heavy atom. The Labute approximate surface area is 361 Å². The van der Waals surface area contributed by atoms with Gasteiger partial charge in [-0.05, 0) is 124 Å². The van der Waals surface area contributed by atoms with Crippen molar-refractivity contribution in [3.05, 3.63) is 256 Å². The molecular formula is C59H52N2. The van der Waals surface area contributed by atoms with E-state index in [0.717, 1.165) is 54.1 Å². The summed E-state index contributed by atoms with van der Waals surface area (Å²) in [5, 5.41) is 0. The Morgan fingerprint density at radius 2 is 1.31 bits per heavy atom. The molecule has 298 valence electrons. The number of hydrogen-bond donors (Lipinski definition) is 0. The highest BCUT2D eigenvalue weighted by atomic mass is 15.1. The quantitative estimate of drug-likeness (QED) is 0.145. The van der Waals surface area contributed by atoms with E-state index in [4.69, 9.17) is 4.98 Å². The molecule has 0 saturated heterocycles. The van der Waals surface area contributed by atoms with Gasteiger partial charge in [-0.15, -0.1) is 0 Å². The van der Waals surface area contributed by atoms with E-state index in [9.17, 15) is 0 Å². The fourth-order valence-electron chi connectivity index (χ4n) is 10.6. The fourth-order valence-corrected chi connectivity index (χ4v) is 10.6. The van der Waals surface area contributed by atoms with Crippen LogP contribution in [0.5, 0.6) is 0 Å². The van der Waals surface area contributed by atoms with E-state index in [-0.39, 0.29) is 23.7 Å². The van der Waals surface area contributed by atoms with Crippen molar-refractivity contribution in [3.8, 4) is 17.1 Å². The van der Waals surface area contributed by atoms with Crippen LogP contribution in [-0.4, -0.2) is 9.55 Å². The van der Waals surface area contributed by atoms with Crippen LogP contribution in [0.3, 0.4) is 0 Å². The van der Waals surface area contributed by atoms with Crippen LogP contribution in [0.25, 0.3) is 34.8 Å². The lowest BCUT2D eigenvalue weighted by Crippen LogP contribution is -2.29. The van der Waals surface area contributed by atoms with Gasteiger partial charge in [0.25, 0.3) is 0 Å². The van der Waals surface area contributed by atoms with Gasteiger partial charge in [0.05, 0.1) is 11.4 Å². The molecule has 1 heterocycles. The molecular weight excluding hydrogens is 737 g/mol. The predicted octanol–water partition coefficient (Wildman–Crippen LogP) is 15.1. The number of para-hydroxylation sites is 1. The largest absolute Gasteiger partial charge is 0.292 e. The second kappa shape index (κ2) is 16.7. The van der Waals surface area contributed by atoms with Crippen LogP contribution in [0.1, 0.15) is 79.4 Å². The van der Waals surface area contributed by atoms with Crippen LogP contribution in [0.4, 0.5) is 0 Å². The summed E-state index contributed by atoms with van der Waals surface area (Å²) in [6.07, 6.45) is 34.5. The molecule has 5 aliphatic rings. The first kappa shape index (κ1) is 38.4. The molecule has 0 amide bonds. The van der Waals surface area contributed by atoms with Gasteiger partial charge in [-0.1, -0.05) is 183 Å². The highest BCUT2D eigenvalue weighted by Crippen LogP contribution is 2.57. The van der Waals surface area contributed by atoms with Crippen molar-refractivity contribution in [2.45, 2.75) is 51.4 Å². The third-order valence-electron chi connectivity index (χ3n) is 13.3. The molecule has 0 radical (unpaired) electrons. The average molecular weight is 789 g/mol. The van der Waals surface area contributed by atoms with Gasteiger partial charge in [-0.3, -0.25) is 4.57 Å². The van der Waals surface area contributed by atoms with E-state index >= 15 is 0 Å². The van der Waals surface area contributed by atoms with Crippen molar-refractivity contribution in [3.63, 3.8) is 0 Å². The van der Waals surface area contributed by atoms with Gasteiger partial charge in [-0.2, -0.15) is 0 Å². The van der Waals surface area contributed by atoms with E-state index in [0.29, 0.717) is 0 Å². The maximum Gasteiger partial charge on any atom is 0.145 e. The second-order valence-corrected chi connectivity index (χ2v) is 16.8. The first-order valence-electron chi connectivity index (χ1n) is 22.1. The van der Waals surface area contributed by atoms with Crippen molar-refractivity contribution < 1.29 is 0 Å². The molecule has 0 saturated carbocycles. The van der Waals surface area contributed by atoms with E-state index in [1.54, 1.807) is 0 Å². The third kappa shape index (κ3) is 6.91. The zero-order valence-corrected chi connectivity index (χ0v) is 35.2. The SMILES string of the molecule is C=Cc1nc(-c2ccc([C@H]3C=CC4=C(C5=CCCC=C5c5ccccc5)C5CC=CC=C5C(C5=CC=CCC5c5ccccc5)=C4C3C)cc2)n(-c2ccccc2)c1/C=C\C. The molecule has 0 aliphatic heterocycles. The Bertz CT molecular complexity index is 2810. The molecule has 0 fully saturated rings. The number of nitrogens with zero attached hydrogens (tertiary/aromatic N) is 2. The monoisotopic (exact) mass is 788 g/mol. The van der Waals surface area contributed by atoms with Crippen molar-refractivity contribution in [2.75, 3.05) is 0 Å². The summed E-state index contributed by atoms with van der Waals surface area (Å²) in [5.74, 6) is 1.88. The summed E-state index contributed by atoms with van der Waals surface area (Å²) >= 11 is 0. The molecule has 2 nitrogen and oxygen atoms in total. The minimum absolute atomic E-state index is 0.191. The molecule has 3 unspecified atom stereocenters. The van der Waals surface area contributed by atoms with Crippen molar-refractivity contribution >= 4 is 17.7 Å². The molecule has 4 atom stereocenters. The van der Waals surface area contributed by atoms with Gasteiger partial charge >= 0.3 is 0 Å². The molecule has 0 N–H and O–H groups in total. The summed E-state index contributed by atoms with van der Waals surface area (Å²) in [7, 11) is 0. The lowest BCUT2D eigenvalue weighted by Gasteiger charge is -2.43. The zero-order chi connectivity index (χ0) is 41.3. The number of fused-ring (bicyclic) bond motifs is 2. The van der Waals surface area contributed by atoms with Crippen LogP contribution >= 0.6 is 0 Å². The highest BCUT2D eigenvalue weighted by Gasteiger charge is 2.42. The Balaban J connectivity index is 1.14. The minimum atomic E-state index is 0.191. The molecule has 0 spiro atoms. The van der Waals surface area contributed by atoms with Crippen molar-refractivity contribution in [2.24, 2.45) is 11.8 Å². The molecule has 61 heavy (non-hydrogen) atoms. The number of hydrogen-bond acceptors (Lipinski definition) is 1. The Kier molecular flexibility index (Phi) is 10.5. The van der Waals surface area contributed by atoms with Crippen LogP contribution in [-0.2, 0) is 0 Å². The van der Waals surface area contributed by atoms with Gasteiger partial charge in [0.1, 0.15) is 5.82 Å². The predicted molar refractivity (Wildman–Crippen MR) is 257 cm³/mol. The fraction of sp³-hybridized carbons (Fsp3) is 0.169. The molecule has 5 aromatic rings. The number of aromatic nitrogens is 2. The summed E-state index contributed by atoms with van der Waals surface area (Å²) in [6.45, 7) is 8.66. The van der Waals surface area contributed by atoms with Gasteiger partial charge in [-0.25, -0.2) is 4.98 Å². The van der Waals surface area contributed by atoms with Crippen molar-refractivity contribution in [1.29, 1.82) is 0 Å². The standard InChI is InChI=1S/C59H52N2/c1-4-21-55-54(5-2)60-59(61(55)45-26-13-8-14-27-45)44-36-34-43(35-37-44)46-38-39-53-56(40(46)3)58(50-31-18-16-29-48(50)42-24-11-7-12-25-42)52-33-20-19-32-51(52)57(53)49-30-17-15-28-47(49)41-22-9-6-10-23-41/h4-14,16,18-28,30-31,33-40,46,48,51H,2,15,17,29,32H2,1,3H3/b21-4-/t40?,46-,48?,51?/m0/s1. The van der Waals surface area contributed by atoms with Crippen LogP contribution < -0.4 is 0 Å². The van der Waals surface area contributed by atoms with Gasteiger partial charge in [0, 0.05) is 29.0 Å². The van der Waals surface area contributed by atoms with Crippen LogP contribution in [0, 0.1) is 11.8 Å². The van der Waals surface area contributed by atoms with Gasteiger partial charge in [0.15, 0.2) is 0 Å². The molecule has 10 rings (SSSR count). The zero-order valence-electron chi connectivity index (χ0n) is 35.2. The lowest BCUT2D eigenvalue weighted by molar-refractivity contribution is 0.578. The van der Waals surface area contributed by atoms with E-state index in [1.165, 1.54) is 61.3 Å². The smallest absolute Gasteiger partial charge is 0.145 e. The minimum Gasteiger partial charge on any atom is -0.292 e. The summed E-state index contributed by atoms with van der Waals surface area (Å²) < 4.78 is 2.25. The number of allylic oxidation sites excluding steroid dienone is 19. The van der Waals surface area contributed by atoms with E-state index in [1.807, 2.05) is 6.08 Å². The summed E-state index contributed by atoms with van der Waals surface area (Å²) in [6, 6.07) is 42.0. The first-order valence-corrected chi connectivity index (χ1v) is 22.1. The maximum atomic E-state index is 5.15. The molecule has 2 heteroatoms. The van der Waals surface area contributed by atoms with E-state index in [2.05, 4.69) is 213 Å². The lowest BCUT2D eigenvalue weighted by atomic mass is 9.60. The number of rotatable bonds is 9. The van der Waals surface area contributed by atoms with Crippen molar-refractivity contribution in [1.82, 2.24) is 9.55 Å². The number of imidazole rings is 1. The van der Waals surface area contributed by atoms with Crippen LogP contribution in [0.15, 0.2) is 228 Å².